The number of hydrogen-bond donors (Lipinski definition) is 2. The van der Waals surface area contributed by atoms with Gasteiger partial charge >= 0.3 is 0 Å². The van der Waals surface area contributed by atoms with E-state index in [0.29, 0.717) is 38.5 Å². The highest BCUT2D eigenvalue weighted by Crippen LogP contribution is 2.26. The first-order chi connectivity index (χ1) is 14.5. The Labute approximate surface area is 183 Å². The second-order valence-corrected chi connectivity index (χ2v) is 6.98. The highest BCUT2D eigenvalue weighted by atomic mass is 35.5. The van der Waals surface area contributed by atoms with E-state index >= 15 is 0 Å². The van der Waals surface area contributed by atoms with E-state index in [1.54, 1.807) is 60.7 Å². The molecule has 0 aliphatic rings. The van der Waals surface area contributed by atoms with Crippen LogP contribution in [0.2, 0.25) is 10.0 Å². The van der Waals surface area contributed by atoms with Gasteiger partial charge in [0.05, 0.1) is 23.5 Å². The standard InChI is InChI=1S/C22H18Cl2N2O4/c1-29-20-5-3-2-4-18(20)25-21(27)13-30-16-9-6-14(7-10-16)22(28)26-19-12-15(23)8-11-17(19)24/h2-12H,13H2,1H3,(H,25,27)(H,26,28). The maximum Gasteiger partial charge on any atom is 0.262 e. The Hall–Kier alpha value is -3.22. The van der Waals surface area contributed by atoms with Crippen LogP contribution >= 0.6 is 23.2 Å². The van der Waals surface area contributed by atoms with Gasteiger partial charge in [0.15, 0.2) is 6.61 Å². The molecule has 0 unspecified atom stereocenters. The Morgan fingerprint density at radius 1 is 0.900 bits per heavy atom. The average molecular weight is 445 g/mol. The minimum Gasteiger partial charge on any atom is -0.495 e. The van der Waals surface area contributed by atoms with Crippen molar-refractivity contribution in [3.05, 3.63) is 82.3 Å². The van der Waals surface area contributed by atoms with Crippen molar-refractivity contribution in [2.75, 3.05) is 24.4 Å². The summed E-state index contributed by atoms with van der Waals surface area (Å²) in [5.41, 5.74) is 1.37. The summed E-state index contributed by atoms with van der Waals surface area (Å²) in [5, 5.41) is 6.27. The van der Waals surface area contributed by atoms with Crippen molar-refractivity contribution >= 4 is 46.4 Å². The molecule has 0 spiro atoms. The average Bonchev–Trinajstić information content (AvgIpc) is 2.75. The second-order valence-electron chi connectivity index (χ2n) is 6.14. The predicted octanol–water partition coefficient (Wildman–Crippen LogP) is 5.27. The fraction of sp³-hybridized carbons (Fsp3) is 0.0909. The van der Waals surface area contributed by atoms with E-state index in [2.05, 4.69) is 10.6 Å². The van der Waals surface area contributed by atoms with Crippen LogP contribution in [0.15, 0.2) is 66.7 Å². The van der Waals surface area contributed by atoms with E-state index < -0.39 is 0 Å². The maximum absolute atomic E-state index is 12.4. The summed E-state index contributed by atoms with van der Waals surface area (Å²) < 4.78 is 10.7. The van der Waals surface area contributed by atoms with Gasteiger partial charge in [-0.1, -0.05) is 35.3 Å². The van der Waals surface area contributed by atoms with Crippen molar-refractivity contribution in [2.45, 2.75) is 0 Å². The van der Waals surface area contributed by atoms with E-state index in [9.17, 15) is 9.59 Å². The third-order valence-corrected chi connectivity index (χ3v) is 4.61. The molecule has 0 bridgehead atoms. The van der Waals surface area contributed by atoms with Gasteiger partial charge in [-0.25, -0.2) is 0 Å². The molecule has 30 heavy (non-hydrogen) atoms. The van der Waals surface area contributed by atoms with Crippen molar-refractivity contribution in [3.8, 4) is 11.5 Å². The fourth-order valence-electron chi connectivity index (χ4n) is 2.57. The Morgan fingerprint density at radius 3 is 2.37 bits per heavy atom. The largest absolute Gasteiger partial charge is 0.495 e. The number of anilines is 2. The van der Waals surface area contributed by atoms with Gasteiger partial charge in [0.25, 0.3) is 11.8 Å². The number of methoxy groups -OCH3 is 1. The van der Waals surface area contributed by atoms with Crippen LogP contribution in [0.1, 0.15) is 10.4 Å². The molecule has 3 aromatic rings. The first-order valence-corrected chi connectivity index (χ1v) is 9.64. The van der Waals surface area contributed by atoms with Crippen molar-refractivity contribution < 1.29 is 19.1 Å². The number of rotatable bonds is 7. The van der Waals surface area contributed by atoms with Crippen molar-refractivity contribution in [2.24, 2.45) is 0 Å². The number of hydrogen-bond acceptors (Lipinski definition) is 4. The smallest absolute Gasteiger partial charge is 0.262 e. The van der Waals surface area contributed by atoms with Gasteiger partial charge in [-0.15, -0.1) is 0 Å². The number of nitrogens with one attached hydrogen (secondary N) is 2. The van der Waals surface area contributed by atoms with Crippen molar-refractivity contribution in [1.29, 1.82) is 0 Å². The number of carbonyl (C=O) groups is 2. The van der Waals surface area contributed by atoms with Gasteiger partial charge in [-0.2, -0.15) is 0 Å². The van der Waals surface area contributed by atoms with Crippen LogP contribution in [0.25, 0.3) is 0 Å². The number of amides is 2. The van der Waals surface area contributed by atoms with E-state index in [1.165, 1.54) is 7.11 Å². The number of carbonyl (C=O) groups excluding carboxylic acids is 2. The lowest BCUT2D eigenvalue weighted by molar-refractivity contribution is -0.118. The van der Waals surface area contributed by atoms with Crippen LogP contribution in [0.5, 0.6) is 11.5 Å². The first-order valence-electron chi connectivity index (χ1n) is 8.88. The third-order valence-electron chi connectivity index (χ3n) is 4.04. The van der Waals surface area contributed by atoms with Crippen LogP contribution in [-0.4, -0.2) is 25.5 Å². The normalized spacial score (nSPS) is 10.2. The van der Waals surface area contributed by atoms with E-state index in [0.717, 1.165) is 0 Å². The highest BCUT2D eigenvalue weighted by Gasteiger charge is 2.11. The van der Waals surface area contributed by atoms with Crippen LogP contribution in [0.4, 0.5) is 11.4 Å². The monoisotopic (exact) mass is 444 g/mol. The molecule has 0 fully saturated rings. The minimum atomic E-state index is -0.348. The van der Waals surface area contributed by atoms with Gasteiger partial charge in [0.2, 0.25) is 0 Å². The lowest BCUT2D eigenvalue weighted by Crippen LogP contribution is -2.20. The van der Waals surface area contributed by atoms with Gasteiger partial charge in [-0.05, 0) is 54.6 Å². The van der Waals surface area contributed by atoms with Gasteiger partial charge in [0.1, 0.15) is 11.5 Å². The van der Waals surface area contributed by atoms with Crippen LogP contribution < -0.4 is 20.1 Å². The quantitative estimate of drug-likeness (QED) is 0.520. The first kappa shape index (κ1) is 21.5. The lowest BCUT2D eigenvalue weighted by atomic mass is 10.2. The van der Waals surface area contributed by atoms with Crippen LogP contribution in [0.3, 0.4) is 0 Å². The number of ether oxygens (including phenoxy) is 2. The summed E-state index contributed by atoms with van der Waals surface area (Å²) in [7, 11) is 1.53. The minimum absolute atomic E-state index is 0.193. The molecule has 0 saturated carbocycles. The predicted molar refractivity (Wildman–Crippen MR) is 118 cm³/mol. The summed E-state index contributed by atoms with van der Waals surface area (Å²) in [6.45, 7) is -0.193. The fourth-order valence-corrected chi connectivity index (χ4v) is 2.91. The molecule has 154 valence electrons. The molecule has 3 rings (SSSR count). The van der Waals surface area contributed by atoms with Crippen molar-refractivity contribution in [1.82, 2.24) is 0 Å². The lowest BCUT2D eigenvalue weighted by Gasteiger charge is -2.11. The molecular formula is C22H18Cl2N2O4. The molecular weight excluding hydrogens is 427 g/mol. The summed E-state index contributed by atoms with van der Waals surface area (Å²) in [6.07, 6.45) is 0. The SMILES string of the molecule is COc1ccccc1NC(=O)COc1ccc(C(=O)Nc2cc(Cl)ccc2Cl)cc1. The summed E-state index contributed by atoms with van der Waals surface area (Å²) >= 11 is 12.0. The Balaban J connectivity index is 1.56. The summed E-state index contributed by atoms with van der Waals surface area (Å²) in [6, 6.07) is 18.3. The Kier molecular flexibility index (Phi) is 7.17. The highest BCUT2D eigenvalue weighted by molar-refractivity contribution is 6.35. The zero-order valence-corrected chi connectivity index (χ0v) is 17.5. The van der Waals surface area contributed by atoms with Gasteiger partial charge < -0.3 is 20.1 Å². The molecule has 2 N–H and O–H groups in total. The zero-order chi connectivity index (χ0) is 21.5. The molecule has 0 aromatic heterocycles. The third kappa shape index (κ3) is 5.65. The Bertz CT molecular complexity index is 1060. The van der Waals surface area contributed by atoms with Gasteiger partial charge in [0, 0.05) is 10.6 Å². The molecule has 0 heterocycles. The molecule has 0 aliphatic carbocycles. The molecule has 3 aromatic carbocycles. The topological polar surface area (TPSA) is 76.7 Å². The number of para-hydroxylation sites is 2. The molecule has 0 atom stereocenters. The number of halogens is 2. The molecule has 0 saturated heterocycles. The zero-order valence-electron chi connectivity index (χ0n) is 15.9. The molecule has 8 heteroatoms. The summed E-state index contributed by atoms with van der Waals surface area (Å²) in [4.78, 5) is 24.5. The summed E-state index contributed by atoms with van der Waals surface area (Å²) in [5.74, 6) is 0.320. The van der Waals surface area contributed by atoms with E-state index in [-0.39, 0.29) is 18.4 Å². The molecule has 0 aliphatic heterocycles. The maximum atomic E-state index is 12.4. The van der Waals surface area contributed by atoms with E-state index in [4.69, 9.17) is 32.7 Å². The molecule has 2 amide bonds. The molecule has 0 radical (unpaired) electrons. The van der Waals surface area contributed by atoms with Crippen LogP contribution in [-0.2, 0) is 4.79 Å². The molecule has 6 nitrogen and oxygen atoms in total. The number of benzene rings is 3. The Morgan fingerprint density at radius 2 is 1.63 bits per heavy atom. The second kappa shape index (κ2) is 10.0. The van der Waals surface area contributed by atoms with Crippen molar-refractivity contribution in [3.63, 3.8) is 0 Å². The van der Waals surface area contributed by atoms with E-state index in [1.807, 2.05) is 6.07 Å². The van der Waals surface area contributed by atoms with Gasteiger partial charge in [-0.3, -0.25) is 9.59 Å². The van der Waals surface area contributed by atoms with Crippen LogP contribution in [0, 0.1) is 0 Å².